The molecule has 2 unspecified atom stereocenters. The van der Waals surface area contributed by atoms with Crippen molar-refractivity contribution < 1.29 is 23.7 Å². The number of alkyl halides is 1. The van der Waals surface area contributed by atoms with Gasteiger partial charge in [0, 0.05) is 26.4 Å². The van der Waals surface area contributed by atoms with Crippen LogP contribution in [0.3, 0.4) is 0 Å². The van der Waals surface area contributed by atoms with E-state index in [1.54, 1.807) is 32.8 Å². The molecule has 1 saturated heterocycles. The van der Waals surface area contributed by atoms with E-state index in [1.807, 2.05) is 13.8 Å². The third kappa shape index (κ3) is 7.56. The minimum absolute atomic E-state index is 0.0290. The molecule has 28 heavy (non-hydrogen) atoms. The van der Waals surface area contributed by atoms with Gasteiger partial charge in [-0.2, -0.15) is 10.0 Å². The van der Waals surface area contributed by atoms with Crippen LogP contribution in [0, 0.1) is 5.92 Å². The number of nitrogens with one attached hydrogen (secondary N) is 3. The number of halogens is 1. The highest BCUT2D eigenvalue weighted by Crippen LogP contribution is 2.24. The minimum Gasteiger partial charge on any atom is -0.444 e. The van der Waals surface area contributed by atoms with Gasteiger partial charge in [-0.15, -0.1) is 0 Å². The van der Waals surface area contributed by atoms with Gasteiger partial charge >= 0.3 is 6.09 Å². The predicted molar refractivity (Wildman–Crippen MR) is 110 cm³/mol. The number of quaternary nitrogens is 1. The molecular weight excluding hydrogens is 430 g/mol. The maximum Gasteiger partial charge on any atom is 0.412 e. The predicted octanol–water partition coefficient (Wildman–Crippen LogP) is 1.49. The Morgan fingerprint density at radius 1 is 1.29 bits per heavy atom. The van der Waals surface area contributed by atoms with E-state index in [4.69, 9.17) is 4.74 Å². The summed E-state index contributed by atoms with van der Waals surface area (Å²) in [7, 11) is 1.70. The Hall–Kier alpha value is -1.39. The number of hydrazine groups is 1. The standard InChI is InChI=1S/C18H34BrN5O4/c1-13(2)11-23(20-6)16(26)12-24(22-15(25)10-19)9-7-8-14(24)21-17(27)28-18(3,4)5/h13-14,20H,7-12H2,1-6H3,(H-,21,22,25,27)/p+1. The van der Waals surface area contributed by atoms with Crippen molar-refractivity contribution in [3.63, 3.8) is 0 Å². The van der Waals surface area contributed by atoms with Gasteiger partial charge in [0.15, 0.2) is 12.7 Å². The fourth-order valence-corrected chi connectivity index (χ4v) is 3.38. The number of carbonyl (C=O) groups excluding carboxylic acids is 3. The molecule has 1 fully saturated rings. The molecular formula is C18H35BrN5O4+. The van der Waals surface area contributed by atoms with Crippen molar-refractivity contribution >= 4 is 33.8 Å². The number of amides is 3. The van der Waals surface area contributed by atoms with Gasteiger partial charge in [-0.25, -0.2) is 10.2 Å². The second-order valence-corrected chi connectivity index (χ2v) is 9.07. The zero-order valence-electron chi connectivity index (χ0n) is 17.8. The molecule has 0 aromatic heterocycles. The van der Waals surface area contributed by atoms with Crippen LogP contribution in [0.1, 0.15) is 47.5 Å². The number of hydrogen-bond acceptors (Lipinski definition) is 5. The largest absolute Gasteiger partial charge is 0.444 e. The number of carbonyl (C=O) groups is 3. The van der Waals surface area contributed by atoms with Crippen LogP contribution in [-0.2, 0) is 14.3 Å². The van der Waals surface area contributed by atoms with Crippen molar-refractivity contribution in [3.05, 3.63) is 0 Å². The van der Waals surface area contributed by atoms with E-state index in [0.717, 1.165) is 6.42 Å². The van der Waals surface area contributed by atoms with Crippen molar-refractivity contribution in [2.75, 3.05) is 32.0 Å². The molecule has 0 radical (unpaired) electrons. The molecule has 0 aromatic carbocycles. The summed E-state index contributed by atoms with van der Waals surface area (Å²) in [5, 5.41) is 4.51. The molecule has 1 rings (SSSR count). The van der Waals surface area contributed by atoms with Gasteiger partial charge in [0.05, 0.1) is 5.33 Å². The molecule has 10 heteroatoms. The average molecular weight is 465 g/mol. The number of rotatable bonds is 8. The molecule has 162 valence electrons. The molecule has 1 aliphatic rings. The van der Waals surface area contributed by atoms with Crippen molar-refractivity contribution in [3.8, 4) is 0 Å². The maximum absolute atomic E-state index is 12.9. The lowest BCUT2D eigenvalue weighted by Crippen LogP contribution is -2.70. The Kier molecular flexibility index (Phi) is 9.16. The Bertz CT molecular complexity index is 567. The number of alkyl carbamates (subject to hydrolysis) is 1. The third-order valence-corrected chi connectivity index (χ3v) is 4.83. The molecule has 3 N–H and O–H groups in total. The Balaban J connectivity index is 3.02. The van der Waals surface area contributed by atoms with Crippen LogP contribution < -0.4 is 16.2 Å². The molecule has 0 aliphatic carbocycles. The van der Waals surface area contributed by atoms with Crippen LogP contribution in [0.25, 0.3) is 0 Å². The minimum atomic E-state index is -0.631. The Morgan fingerprint density at radius 2 is 1.93 bits per heavy atom. The molecule has 3 amide bonds. The maximum atomic E-state index is 12.9. The average Bonchev–Trinajstić information content (AvgIpc) is 2.92. The first-order valence-electron chi connectivity index (χ1n) is 9.63. The van der Waals surface area contributed by atoms with Gasteiger partial charge in [-0.3, -0.25) is 19.9 Å². The summed E-state index contributed by atoms with van der Waals surface area (Å²) in [6.07, 6.45) is 0.397. The van der Waals surface area contributed by atoms with Crippen LogP contribution in [0.15, 0.2) is 0 Å². The normalized spacial score (nSPS) is 22.1. The fraction of sp³-hybridized carbons (Fsp3) is 0.833. The van der Waals surface area contributed by atoms with Gasteiger partial charge in [-0.05, 0) is 26.7 Å². The number of ether oxygens (including phenoxy) is 1. The van der Waals surface area contributed by atoms with Crippen LogP contribution in [0.5, 0.6) is 0 Å². The molecule has 0 saturated carbocycles. The summed E-state index contributed by atoms with van der Waals surface area (Å²) in [6.45, 7) is 10.5. The highest BCUT2D eigenvalue weighted by atomic mass is 79.9. The van der Waals surface area contributed by atoms with E-state index in [2.05, 4.69) is 32.1 Å². The first kappa shape index (κ1) is 24.6. The second kappa shape index (κ2) is 10.4. The molecule has 0 bridgehead atoms. The van der Waals surface area contributed by atoms with Crippen molar-refractivity contribution in [2.24, 2.45) is 5.92 Å². The smallest absolute Gasteiger partial charge is 0.412 e. The van der Waals surface area contributed by atoms with Crippen molar-refractivity contribution in [1.29, 1.82) is 0 Å². The van der Waals surface area contributed by atoms with E-state index < -0.39 is 17.9 Å². The number of likely N-dealkylation sites (tertiary alicyclic amines) is 1. The van der Waals surface area contributed by atoms with Crippen LogP contribution in [0.4, 0.5) is 4.79 Å². The van der Waals surface area contributed by atoms with Gasteiger partial charge < -0.3 is 4.74 Å². The van der Waals surface area contributed by atoms with Crippen LogP contribution >= 0.6 is 15.9 Å². The molecule has 1 aliphatic heterocycles. The molecule has 2 atom stereocenters. The van der Waals surface area contributed by atoms with Gasteiger partial charge in [0.25, 0.3) is 11.8 Å². The van der Waals surface area contributed by atoms with Crippen LogP contribution in [0.2, 0.25) is 0 Å². The van der Waals surface area contributed by atoms with E-state index >= 15 is 0 Å². The van der Waals surface area contributed by atoms with E-state index in [1.165, 1.54) is 0 Å². The lowest BCUT2D eigenvalue weighted by molar-refractivity contribution is -0.967. The fourth-order valence-electron chi connectivity index (χ4n) is 3.26. The van der Waals surface area contributed by atoms with Crippen molar-refractivity contribution in [2.45, 2.75) is 59.2 Å². The Labute approximate surface area is 176 Å². The molecule has 1 heterocycles. The summed E-state index contributed by atoms with van der Waals surface area (Å²) in [5.74, 6) is -0.106. The van der Waals surface area contributed by atoms with E-state index in [9.17, 15) is 14.4 Å². The summed E-state index contributed by atoms with van der Waals surface area (Å²) in [5.41, 5.74) is 5.22. The second-order valence-electron chi connectivity index (χ2n) is 8.51. The zero-order valence-corrected chi connectivity index (χ0v) is 19.4. The van der Waals surface area contributed by atoms with E-state index in [-0.39, 0.29) is 34.2 Å². The highest BCUT2D eigenvalue weighted by molar-refractivity contribution is 9.09. The van der Waals surface area contributed by atoms with Crippen molar-refractivity contribution in [1.82, 2.24) is 21.2 Å². The highest BCUT2D eigenvalue weighted by Gasteiger charge is 2.47. The first-order chi connectivity index (χ1) is 12.9. The monoisotopic (exact) mass is 464 g/mol. The lowest BCUT2D eigenvalue weighted by atomic mass is 10.2. The van der Waals surface area contributed by atoms with Gasteiger partial charge in [-0.1, -0.05) is 29.8 Å². The first-order valence-corrected chi connectivity index (χ1v) is 10.8. The summed E-state index contributed by atoms with van der Waals surface area (Å²) < 4.78 is 5.33. The molecule has 0 spiro atoms. The summed E-state index contributed by atoms with van der Waals surface area (Å²) in [6, 6.07) is 0. The number of nitrogens with zero attached hydrogens (tertiary/aromatic N) is 2. The summed E-state index contributed by atoms with van der Waals surface area (Å²) in [4.78, 5) is 37.4. The topological polar surface area (TPSA) is 99.8 Å². The number of hydrogen-bond donors (Lipinski definition) is 3. The Morgan fingerprint density at radius 3 is 2.43 bits per heavy atom. The SMILES string of the molecule is CNN(CC(C)C)C(=O)C[N+]1(NC(=O)CBr)CCCC1NC(=O)OC(C)(C)C. The third-order valence-electron chi connectivity index (χ3n) is 4.32. The van der Waals surface area contributed by atoms with Gasteiger partial charge in [0.1, 0.15) is 12.1 Å². The molecule has 0 aromatic rings. The molecule has 9 nitrogen and oxygen atoms in total. The lowest BCUT2D eigenvalue weighted by Gasteiger charge is -2.39. The van der Waals surface area contributed by atoms with Crippen LogP contribution in [-0.4, -0.2) is 71.3 Å². The van der Waals surface area contributed by atoms with Gasteiger partial charge in [0.2, 0.25) is 0 Å². The quantitative estimate of drug-likeness (QED) is 0.287. The zero-order chi connectivity index (χ0) is 21.5. The summed E-state index contributed by atoms with van der Waals surface area (Å²) >= 11 is 3.16. The van der Waals surface area contributed by atoms with E-state index in [0.29, 0.717) is 19.5 Å².